The third-order valence-electron chi connectivity index (χ3n) is 4.58. The number of morpholine rings is 1. The molecule has 0 saturated carbocycles. The first kappa shape index (κ1) is 16.7. The Morgan fingerprint density at radius 3 is 2.33 bits per heavy atom. The largest absolute Gasteiger partial charge is 0.469 e. The van der Waals surface area contributed by atoms with E-state index in [-0.39, 0.29) is 5.97 Å². The molecule has 0 N–H and O–H groups in total. The number of carbonyl (C=O) groups is 1. The molecular weight excluding hydrogens is 268 g/mol. The summed E-state index contributed by atoms with van der Waals surface area (Å²) in [4.78, 5) is 16.1. The lowest BCUT2D eigenvalue weighted by molar-refractivity contribution is -0.141. The summed E-state index contributed by atoms with van der Waals surface area (Å²) in [6.45, 7) is 10.7. The fourth-order valence-electron chi connectivity index (χ4n) is 3.54. The minimum Gasteiger partial charge on any atom is -0.469 e. The summed E-state index contributed by atoms with van der Waals surface area (Å²) in [5.41, 5.74) is 0. The first-order chi connectivity index (χ1) is 10.1. The lowest BCUT2D eigenvalue weighted by atomic mass is 9.95. The number of piperidine rings is 1. The van der Waals surface area contributed by atoms with Crippen LogP contribution in [-0.2, 0) is 14.3 Å². The SMILES string of the molecule is COC(=O)CCN1CCC(CN2C[C@@H](C)O[C@H](C)C2)CC1. The topological polar surface area (TPSA) is 42.0 Å². The zero-order valence-corrected chi connectivity index (χ0v) is 13.7. The maximum Gasteiger partial charge on any atom is 0.306 e. The number of nitrogens with zero attached hydrogens (tertiary/aromatic N) is 2. The van der Waals surface area contributed by atoms with Crippen LogP contribution < -0.4 is 0 Å². The zero-order valence-electron chi connectivity index (χ0n) is 13.7. The number of esters is 1. The Kier molecular flexibility index (Phi) is 6.45. The van der Waals surface area contributed by atoms with Gasteiger partial charge in [0.15, 0.2) is 0 Å². The van der Waals surface area contributed by atoms with Crippen molar-refractivity contribution in [3.63, 3.8) is 0 Å². The van der Waals surface area contributed by atoms with Crippen molar-refractivity contribution >= 4 is 5.97 Å². The van der Waals surface area contributed by atoms with Crippen LogP contribution >= 0.6 is 0 Å². The molecule has 0 amide bonds. The molecule has 0 aliphatic carbocycles. The highest BCUT2D eigenvalue weighted by molar-refractivity contribution is 5.69. The van der Waals surface area contributed by atoms with E-state index in [1.54, 1.807) is 0 Å². The molecule has 2 atom stereocenters. The Hall–Kier alpha value is -0.650. The first-order valence-corrected chi connectivity index (χ1v) is 8.23. The van der Waals surface area contributed by atoms with Crippen LogP contribution in [0.15, 0.2) is 0 Å². The molecule has 2 aliphatic rings. The third-order valence-corrected chi connectivity index (χ3v) is 4.58. The molecule has 0 aromatic heterocycles. The molecule has 21 heavy (non-hydrogen) atoms. The highest BCUT2D eigenvalue weighted by Crippen LogP contribution is 2.21. The zero-order chi connectivity index (χ0) is 15.2. The normalized spacial score (nSPS) is 29.5. The van der Waals surface area contributed by atoms with E-state index in [1.807, 2.05) is 0 Å². The van der Waals surface area contributed by atoms with Gasteiger partial charge in [-0.15, -0.1) is 0 Å². The molecular formula is C16H30N2O3. The van der Waals surface area contributed by atoms with Gasteiger partial charge in [-0.1, -0.05) is 0 Å². The molecule has 2 heterocycles. The van der Waals surface area contributed by atoms with E-state index in [0.29, 0.717) is 18.6 Å². The van der Waals surface area contributed by atoms with Gasteiger partial charge in [0.1, 0.15) is 0 Å². The van der Waals surface area contributed by atoms with Crippen LogP contribution in [-0.4, -0.2) is 74.4 Å². The van der Waals surface area contributed by atoms with Crippen molar-refractivity contribution in [3.05, 3.63) is 0 Å². The smallest absolute Gasteiger partial charge is 0.306 e. The van der Waals surface area contributed by atoms with Crippen molar-refractivity contribution in [2.45, 2.75) is 45.3 Å². The molecule has 2 aliphatic heterocycles. The molecule has 2 rings (SSSR count). The minimum absolute atomic E-state index is 0.103. The number of likely N-dealkylation sites (tertiary alicyclic amines) is 1. The van der Waals surface area contributed by atoms with Gasteiger partial charge in [-0.05, 0) is 45.7 Å². The van der Waals surface area contributed by atoms with E-state index in [4.69, 9.17) is 9.47 Å². The Morgan fingerprint density at radius 2 is 1.76 bits per heavy atom. The van der Waals surface area contributed by atoms with Crippen molar-refractivity contribution < 1.29 is 14.3 Å². The summed E-state index contributed by atoms with van der Waals surface area (Å²) in [7, 11) is 1.46. The lowest BCUT2D eigenvalue weighted by Crippen LogP contribution is -2.48. The second-order valence-electron chi connectivity index (χ2n) is 6.59. The van der Waals surface area contributed by atoms with E-state index < -0.39 is 0 Å². The van der Waals surface area contributed by atoms with Gasteiger partial charge in [0.2, 0.25) is 0 Å². The fourth-order valence-corrected chi connectivity index (χ4v) is 3.54. The van der Waals surface area contributed by atoms with Crippen LogP contribution in [0.25, 0.3) is 0 Å². The summed E-state index contributed by atoms with van der Waals surface area (Å²) >= 11 is 0. The van der Waals surface area contributed by atoms with E-state index >= 15 is 0 Å². The van der Waals surface area contributed by atoms with Gasteiger partial charge >= 0.3 is 5.97 Å². The van der Waals surface area contributed by atoms with Crippen LogP contribution in [0.3, 0.4) is 0 Å². The number of rotatable bonds is 5. The van der Waals surface area contributed by atoms with Crippen molar-refractivity contribution in [1.82, 2.24) is 9.80 Å². The Morgan fingerprint density at radius 1 is 1.14 bits per heavy atom. The molecule has 5 nitrogen and oxygen atoms in total. The third kappa shape index (κ3) is 5.57. The van der Waals surface area contributed by atoms with Crippen LogP contribution in [0.5, 0.6) is 0 Å². The van der Waals surface area contributed by atoms with Gasteiger partial charge in [0, 0.05) is 26.2 Å². The molecule has 5 heteroatoms. The highest BCUT2D eigenvalue weighted by atomic mass is 16.5. The molecule has 122 valence electrons. The Bertz CT molecular complexity index is 319. The second-order valence-corrected chi connectivity index (χ2v) is 6.59. The average Bonchev–Trinajstić information content (AvgIpc) is 2.45. The van der Waals surface area contributed by atoms with Gasteiger partial charge < -0.3 is 14.4 Å². The summed E-state index contributed by atoms with van der Waals surface area (Å²) in [5.74, 6) is 0.685. The Balaban J connectivity index is 1.65. The van der Waals surface area contributed by atoms with E-state index in [2.05, 4.69) is 23.6 Å². The van der Waals surface area contributed by atoms with E-state index in [0.717, 1.165) is 38.6 Å². The van der Waals surface area contributed by atoms with Gasteiger partial charge in [-0.2, -0.15) is 0 Å². The van der Waals surface area contributed by atoms with Crippen LogP contribution in [0.4, 0.5) is 0 Å². The number of carbonyl (C=O) groups excluding carboxylic acids is 1. The minimum atomic E-state index is -0.103. The first-order valence-electron chi connectivity index (χ1n) is 8.23. The van der Waals surface area contributed by atoms with Crippen molar-refractivity contribution in [2.24, 2.45) is 5.92 Å². The molecule has 0 bridgehead atoms. The number of ether oxygens (including phenoxy) is 2. The second kappa shape index (κ2) is 8.11. The van der Waals surface area contributed by atoms with Crippen molar-refractivity contribution in [3.8, 4) is 0 Å². The maximum atomic E-state index is 11.2. The molecule has 2 saturated heterocycles. The Labute approximate surface area is 128 Å². The quantitative estimate of drug-likeness (QED) is 0.717. The van der Waals surface area contributed by atoms with E-state index in [1.165, 1.54) is 26.5 Å². The number of hydrogen-bond donors (Lipinski definition) is 0. The molecule has 0 aromatic carbocycles. The van der Waals surface area contributed by atoms with Gasteiger partial charge in [-0.25, -0.2) is 0 Å². The molecule has 2 fully saturated rings. The summed E-state index contributed by atoms with van der Waals surface area (Å²) in [6.07, 6.45) is 3.70. The highest BCUT2D eigenvalue weighted by Gasteiger charge is 2.26. The monoisotopic (exact) mass is 298 g/mol. The summed E-state index contributed by atoms with van der Waals surface area (Å²) in [5, 5.41) is 0. The maximum absolute atomic E-state index is 11.2. The summed E-state index contributed by atoms with van der Waals surface area (Å²) in [6, 6.07) is 0. The van der Waals surface area contributed by atoms with Gasteiger partial charge in [-0.3, -0.25) is 9.69 Å². The van der Waals surface area contributed by atoms with Crippen LogP contribution in [0.2, 0.25) is 0 Å². The van der Waals surface area contributed by atoms with Gasteiger partial charge in [0.25, 0.3) is 0 Å². The van der Waals surface area contributed by atoms with Crippen molar-refractivity contribution in [1.29, 1.82) is 0 Å². The number of methoxy groups -OCH3 is 1. The van der Waals surface area contributed by atoms with Crippen LogP contribution in [0.1, 0.15) is 33.1 Å². The van der Waals surface area contributed by atoms with Crippen molar-refractivity contribution in [2.75, 3.05) is 46.4 Å². The average molecular weight is 298 g/mol. The van der Waals surface area contributed by atoms with Crippen LogP contribution in [0, 0.1) is 5.92 Å². The lowest BCUT2D eigenvalue weighted by Gasteiger charge is -2.39. The predicted molar refractivity (Wildman–Crippen MR) is 82.2 cm³/mol. The molecule has 0 spiro atoms. The predicted octanol–water partition coefficient (Wildman–Crippen LogP) is 1.37. The molecule has 0 radical (unpaired) electrons. The number of hydrogen-bond acceptors (Lipinski definition) is 5. The summed E-state index contributed by atoms with van der Waals surface area (Å²) < 4.78 is 10.5. The molecule has 0 unspecified atom stereocenters. The van der Waals surface area contributed by atoms with E-state index in [9.17, 15) is 4.79 Å². The fraction of sp³-hybridized carbons (Fsp3) is 0.938. The molecule has 0 aromatic rings. The van der Waals surface area contributed by atoms with Gasteiger partial charge in [0.05, 0.1) is 25.7 Å². The standard InChI is InChI=1S/C16H30N2O3/c1-13-10-18(11-14(2)21-13)12-15-4-7-17(8-5-15)9-6-16(19)20-3/h13-15H,4-12H2,1-3H3/t13-,14-/m1/s1.